The van der Waals surface area contributed by atoms with E-state index in [1.54, 1.807) is 0 Å². The second-order valence-corrected chi connectivity index (χ2v) is 5.78. The van der Waals surface area contributed by atoms with Gasteiger partial charge in [-0.1, -0.05) is 18.2 Å². The number of nitrogens with one attached hydrogen (secondary N) is 2. The Morgan fingerprint density at radius 1 is 1.37 bits per heavy atom. The molecule has 19 heavy (non-hydrogen) atoms. The zero-order chi connectivity index (χ0) is 13.2. The zero-order valence-corrected chi connectivity index (χ0v) is 11.8. The molecule has 0 aliphatic carbocycles. The molecule has 1 aromatic heterocycles. The second kappa shape index (κ2) is 5.35. The Kier molecular flexibility index (Phi) is 3.58. The van der Waals surface area contributed by atoms with Crippen LogP contribution in [0.1, 0.15) is 18.9 Å². The van der Waals surface area contributed by atoms with E-state index in [1.807, 2.05) is 0 Å². The van der Waals surface area contributed by atoms with Crippen molar-refractivity contribution in [2.45, 2.75) is 31.8 Å². The number of hydrogen-bond donors (Lipinski definition) is 2. The van der Waals surface area contributed by atoms with Crippen LogP contribution >= 0.6 is 0 Å². The maximum atomic E-state index is 3.69. The first-order valence-corrected chi connectivity index (χ1v) is 7.22. The molecule has 1 saturated heterocycles. The zero-order valence-electron chi connectivity index (χ0n) is 11.8. The summed E-state index contributed by atoms with van der Waals surface area (Å²) in [5.74, 6) is 0. The van der Waals surface area contributed by atoms with E-state index in [1.165, 1.54) is 29.4 Å². The first-order valence-electron chi connectivity index (χ1n) is 7.22. The summed E-state index contributed by atoms with van der Waals surface area (Å²) in [4.78, 5) is 5.78. The molecule has 2 aromatic rings. The van der Waals surface area contributed by atoms with Crippen molar-refractivity contribution in [2.75, 3.05) is 20.1 Å². The Bertz CT molecular complexity index is 536. The molecule has 102 valence electrons. The Hall–Kier alpha value is -1.32. The smallest absolute Gasteiger partial charge is 0.0456 e. The third kappa shape index (κ3) is 2.67. The fourth-order valence-corrected chi connectivity index (χ4v) is 3.09. The summed E-state index contributed by atoms with van der Waals surface area (Å²) >= 11 is 0. The van der Waals surface area contributed by atoms with Crippen LogP contribution in [0, 0.1) is 0 Å². The molecule has 0 radical (unpaired) electrons. The molecule has 2 heterocycles. The van der Waals surface area contributed by atoms with Gasteiger partial charge in [-0.2, -0.15) is 0 Å². The Balaban J connectivity index is 1.55. The van der Waals surface area contributed by atoms with Gasteiger partial charge >= 0.3 is 0 Å². The lowest BCUT2D eigenvalue weighted by atomic mass is 10.1. The number of fused-ring (bicyclic) bond motifs is 1. The van der Waals surface area contributed by atoms with Crippen LogP contribution in [0.25, 0.3) is 10.9 Å². The van der Waals surface area contributed by atoms with Crippen LogP contribution in [-0.2, 0) is 6.42 Å². The fourth-order valence-electron chi connectivity index (χ4n) is 3.09. The molecule has 0 amide bonds. The first-order chi connectivity index (χ1) is 9.24. The first kappa shape index (κ1) is 12.7. The monoisotopic (exact) mass is 257 g/mol. The Morgan fingerprint density at radius 3 is 3.00 bits per heavy atom. The molecule has 2 atom stereocenters. The molecule has 1 aromatic carbocycles. The minimum Gasteiger partial charge on any atom is -0.361 e. The molecule has 1 fully saturated rings. The van der Waals surface area contributed by atoms with Crippen molar-refractivity contribution in [3.05, 3.63) is 36.0 Å². The van der Waals surface area contributed by atoms with Crippen molar-refractivity contribution in [1.29, 1.82) is 0 Å². The summed E-state index contributed by atoms with van der Waals surface area (Å²) in [7, 11) is 2.21. The van der Waals surface area contributed by atoms with E-state index in [-0.39, 0.29) is 0 Å². The molecular formula is C16H23N3. The topological polar surface area (TPSA) is 31.1 Å². The lowest BCUT2D eigenvalue weighted by molar-refractivity contribution is 0.327. The summed E-state index contributed by atoms with van der Waals surface area (Å²) in [6.07, 6.45) is 4.51. The summed E-state index contributed by atoms with van der Waals surface area (Å²) in [6.45, 7) is 4.55. The van der Waals surface area contributed by atoms with Gasteiger partial charge in [0.05, 0.1) is 0 Å². The number of nitrogens with zero attached hydrogens (tertiary/aromatic N) is 1. The number of rotatable bonds is 4. The quantitative estimate of drug-likeness (QED) is 0.881. The van der Waals surface area contributed by atoms with E-state index in [4.69, 9.17) is 0 Å². The minimum absolute atomic E-state index is 0.658. The van der Waals surface area contributed by atoms with Crippen molar-refractivity contribution >= 4 is 10.9 Å². The van der Waals surface area contributed by atoms with Gasteiger partial charge in [-0.05, 0) is 45.0 Å². The van der Waals surface area contributed by atoms with Crippen LogP contribution in [0.4, 0.5) is 0 Å². The van der Waals surface area contributed by atoms with Crippen molar-refractivity contribution in [3.8, 4) is 0 Å². The van der Waals surface area contributed by atoms with Crippen LogP contribution in [-0.4, -0.2) is 42.1 Å². The van der Waals surface area contributed by atoms with Crippen LogP contribution in [0.3, 0.4) is 0 Å². The summed E-state index contributed by atoms with van der Waals surface area (Å²) in [5.41, 5.74) is 2.66. The van der Waals surface area contributed by atoms with Crippen LogP contribution in [0.5, 0.6) is 0 Å². The Labute approximate surface area is 115 Å². The van der Waals surface area contributed by atoms with Crippen LogP contribution in [0.2, 0.25) is 0 Å². The van der Waals surface area contributed by atoms with Crippen LogP contribution < -0.4 is 5.32 Å². The van der Waals surface area contributed by atoms with E-state index >= 15 is 0 Å². The number of likely N-dealkylation sites (tertiary alicyclic amines) is 1. The highest BCUT2D eigenvalue weighted by Gasteiger charge is 2.25. The normalized spacial score (nSPS) is 24.3. The number of aromatic amines is 1. The molecule has 0 saturated carbocycles. The minimum atomic E-state index is 0.658. The highest BCUT2D eigenvalue weighted by atomic mass is 15.2. The molecule has 0 bridgehead atoms. The number of hydrogen-bond acceptors (Lipinski definition) is 2. The third-order valence-corrected chi connectivity index (χ3v) is 4.39. The second-order valence-electron chi connectivity index (χ2n) is 5.78. The fraction of sp³-hybridized carbons (Fsp3) is 0.500. The summed E-state index contributed by atoms with van der Waals surface area (Å²) < 4.78 is 0. The standard InChI is InChI=1S/C16H23N3/c1-12-9-14(11-19(12)2)17-8-7-13-10-18-16-6-4-3-5-15(13)16/h3-6,10,12,14,17-18H,7-9,11H2,1-2H3. The van der Waals surface area contributed by atoms with E-state index < -0.39 is 0 Å². The molecule has 3 heteroatoms. The van der Waals surface area contributed by atoms with Gasteiger partial charge in [0.2, 0.25) is 0 Å². The highest BCUT2D eigenvalue weighted by Crippen LogP contribution is 2.18. The number of para-hydroxylation sites is 1. The van der Waals surface area contributed by atoms with Gasteiger partial charge in [0.1, 0.15) is 0 Å². The van der Waals surface area contributed by atoms with Crippen molar-refractivity contribution < 1.29 is 0 Å². The van der Waals surface area contributed by atoms with Crippen molar-refractivity contribution in [3.63, 3.8) is 0 Å². The largest absolute Gasteiger partial charge is 0.361 e. The van der Waals surface area contributed by atoms with Gasteiger partial charge in [0.15, 0.2) is 0 Å². The molecule has 3 nitrogen and oxygen atoms in total. The number of H-pyrrole nitrogens is 1. The highest BCUT2D eigenvalue weighted by molar-refractivity contribution is 5.83. The molecule has 3 rings (SSSR count). The maximum Gasteiger partial charge on any atom is 0.0456 e. The third-order valence-electron chi connectivity index (χ3n) is 4.39. The average molecular weight is 257 g/mol. The molecule has 1 aliphatic rings. The summed E-state index contributed by atoms with van der Waals surface area (Å²) in [5, 5.41) is 5.05. The van der Waals surface area contributed by atoms with Gasteiger partial charge in [-0.25, -0.2) is 0 Å². The van der Waals surface area contributed by atoms with Gasteiger partial charge < -0.3 is 15.2 Å². The lowest BCUT2D eigenvalue weighted by Gasteiger charge is -2.13. The van der Waals surface area contributed by atoms with Crippen LogP contribution in [0.15, 0.2) is 30.5 Å². The molecule has 1 aliphatic heterocycles. The van der Waals surface area contributed by atoms with Gasteiger partial charge in [-0.15, -0.1) is 0 Å². The average Bonchev–Trinajstić information content (AvgIpc) is 2.95. The number of aromatic nitrogens is 1. The molecular weight excluding hydrogens is 234 g/mol. The van der Waals surface area contributed by atoms with Gasteiger partial charge in [-0.3, -0.25) is 0 Å². The van der Waals surface area contributed by atoms with Crippen molar-refractivity contribution in [1.82, 2.24) is 15.2 Å². The van der Waals surface area contributed by atoms with Crippen molar-refractivity contribution in [2.24, 2.45) is 0 Å². The van der Waals surface area contributed by atoms with Gasteiger partial charge in [0.25, 0.3) is 0 Å². The Morgan fingerprint density at radius 2 is 2.21 bits per heavy atom. The van der Waals surface area contributed by atoms with E-state index in [0.717, 1.165) is 13.0 Å². The maximum absolute atomic E-state index is 3.69. The number of benzene rings is 1. The summed E-state index contributed by atoms with van der Waals surface area (Å²) in [6, 6.07) is 9.90. The molecule has 2 unspecified atom stereocenters. The molecule has 2 N–H and O–H groups in total. The van der Waals surface area contributed by atoms with Gasteiger partial charge in [0, 0.05) is 35.7 Å². The predicted molar refractivity (Wildman–Crippen MR) is 80.5 cm³/mol. The van der Waals surface area contributed by atoms with E-state index in [0.29, 0.717) is 12.1 Å². The number of likely N-dealkylation sites (N-methyl/N-ethyl adjacent to an activating group) is 1. The SMILES string of the molecule is CC1CC(NCCc2c[nH]c3ccccc23)CN1C. The predicted octanol–water partition coefficient (Wildman–Crippen LogP) is 2.39. The molecule has 0 spiro atoms. The van der Waals surface area contributed by atoms with E-state index in [2.05, 4.69) is 59.6 Å². The lowest BCUT2D eigenvalue weighted by Crippen LogP contribution is -2.32. The van der Waals surface area contributed by atoms with E-state index in [9.17, 15) is 0 Å².